The van der Waals surface area contributed by atoms with Gasteiger partial charge in [0.1, 0.15) is 0 Å². The van der Waals surface area contributed by atoms with Gasteiger partial charge in [-0.05, 0) is 50.7 Å². The summed E-state index contributed by atoms with van der Waals surface area (Å²) in [4.78, 5) is 2.66. The summed E-state index contributed by atoms with van der Waals surface area (Å²) in [6.07, 6.45) is 0. The minimum Gasteiger partial charge on any atom is -0.0888 e. The molecular weight excluding hydrogens is 416 g/mol. The predicted molar refractivity (Wildman–Crippen MR) is 130 cm³/mol. The minimum absolute atomic E-state index is 0.363. The van der Waals surface area contributed by atoms with Crippen LogP contribution in [0.1, 0.15) is 22.3 Å². The monoisotopic (exact) mass is 432 g/mol. The molecule has 0 bridgehead atoms. The van der Waals surface area contributed by atoms with Crippen LogP contribution in [0.3, 0.4) is 0 Å². The Hall–Kier alpha value is -3.00. The average molecular weight is 433 g/mol. The van der Waals surface area contributed by atoms with Crippen molar-refractivity contribution < 1.29 is 0 Å². The number of benzene rings is 5. The average Bonchev–Trinajstić information content (AvgIpc) is 3.12. The van der Waals surface area contributed by atoms with Crippen LogP contribution in [0.25, 0.3) is 21.9 Å². The van der Waals surface area contributed by atoms with Crippen LogP contribution in [0.2, 0.25) is 5.02 Å². The summed E-state index contributed by atoms with van der Waals surface area (Å²) >= 11 is 8.74. The highest BCUT2D eigenvalue weighted by Gasteiger charge is 2.50. The smallest absolute Gasteiger partial charge is 0.0736 e. The Kier molecular flexibility index (Phi) is 3.57. The second-order valence-corrected chi connectivity index (χ2v) is 9.68. The van der Waals surface area contributed by atoms with E-state index < -0.39 is 0 Å². The van der Waals surface area contributed by atoms with E-state index in [0.717, 1.165) is 5.02 Å². The third-order valence-corrected chi connectivity index (χ3v) is 8.34. The molecule has 0 nitrogen and oxygen atoms in total. The second kappa shape index (κ2) is 6.26. The van der Waals surface area contributed by atoms with Crippen molar-refractivity contribution in [1.82, 2.24) is 0 Å². The number of fused-ring (bicyclic) bond motifs is 11. The van der Waals surface area contributed by atoms with E-state index in [1.165, 1.54) is 53.9 Å². The number of hydrogen-bond acceptors (Lipinski definition) is 1. The van der Waals surface area contributed by atoms with Gasteiger partial charge in [-0.25, -0.2) is 0 Å². The van der Waals surface area contributed by atoms with E-state index in [2.05, 4.69) is 97.1 Å². The molecule has 1 atom stereocenters. The van der Waals surface area contributed by atoms with Crippen molar-refractivity contribution in [3.63, 3.8) is 0 Å². The van der Waals surface area contributed by atoms with Crippen molar-refractivity contribution in [1.29, 1.82) is 0 Å². The molecule has 0 saturated heterocycles. The van der Waals surface area contributed by atoms with E-state index in [4.69, 9.17) is 11.6 Å². The van der Waals surface area contributed by atoms with Crippen LogP contribution >= 0.6 is 23.4 Å². The SMILES string of the molecule is Clc1cccc2c1-c1ccccc1C21c2ccccc2Sc2c1ccc1ccccc21. The number of rotatable bonds is 0. The number of halogens is 1. The van der Waals surface area contributed by atoms with Gasteiger partial charge >= 0.3 is 0 Å². The van der Waals surface area contributed by atoms with Gasteiger partial charge in [0.15, 0.2) is 0 Å². The lowest BCUT2D eigenvalue weighted by Gasteiger charge is -2.40. The number of hydrogen-bond donors (Lipinski definition) is 0. The summed E-state index contributed by atoms with van der Waals surface area (Å²) in [5.74, 6) is 0. The summed E-state index contributed by atoms with van der Waals surface area (Å²) in [6.45, 7) is 0. The van der Waals surface area contributed by atoms with Gasteiger partial charge in [-0.15, -0.1) is 0 Å². The summed E-state index contributed by atoms with van der Waals surface area (Å²) in [7, 11) is 0. The minimum atomic E-state index is -0.363. The van der Waals surface area contributed by atoms with E-state index in [0.29, 0.717) is 0 Å². The maximum Gasteiger partial charge on any atom is 0.0736 e. The highest BCUT2D eigenvalue weighted by molar-refractivity contribution is 7.99. The zero-order valence-electron chi connectivity index (χ0n) is 16.6. The van der Waals surface area contributed by atoms with Gasteiger partial charge in [0, 0.05) is 20.4 Å². The van der Waals surface area contributed by atoms with Crippen molar-refractivity contribution in [3.05, 3.63) is 130 Å². The van der Waals surface area contributed by atoms with Crippen LogP contribution in [0.15, 0.2) is 113 Å². The molecule has 7 rings (SSSR count). The van der Waals surface area contributed by atoms with Gasteiger partial charge in [0.05, 0.1) is 5.41 Å². The van der Waals surface area contributed by atoms with Crippen LogP contribution in [0.4, 0.5) is 0 Å². The van der Waals surface area contributed by atoms with E-state index in [9.17, 15) is 0 Å². The quantitative estimate of drug-likeness (QED) is 0.232. The molecule has 0 radical (unpaired) electrons. The molecule has 1 aliphatic heterocycles. The first kappa shape index (κ1) is 17.7. The molecule has 1 unspecified atom stereocenters. The van der Waals surface area contributed by atoms with Gasteiger partial charge in [-0.1, -0.05) is 114 Å². The summed E-state index contributed by atoms with van der Waals surface area (Å²) in [6, 6.07) is 37.4. The summed E-state index contributed by atoms with van der Waals surface area (Å²) in [5.41, 5.74) is 7.34. The molecule has 0 fully saturated rings. The Morgan fingerprint density at radius 1 is 0.581 bits per heavy atom. The predicted octanol–water partition coefficient (Wildman–Crippen LogP) is 8.32. The Balaban J connectivity index is 1.74. The van der Waals surface area contributed by atoms with Crippen molar-refractivity contribution >= 4 is 34.1 Å². The van der Waals surface area contributed by atoms with Crippen molar-refractivity contribution in [2.45, 2.75) is 15.2 Å². The topological polar surface area (TPSA) is 0 Å². The molecular formula is C29H17ClS. The van der Waals surface area contributed by atoms with Gasteiger partial charge in [-0.3, -0.25) is 0 Å². The van der Waals surface area contributed by atoms with Gasteiger partial charge < -0.3 is 0 Å². The first-order chi connectivity index (χ1) is 15.3. The molecule has 0 N–H and O–H groups in total. The Bertz CT molecular complexity index is 1530. The first-order valence-electron chi connectivity index (χ1n) is 10.5. The first-order valence-corrected chi connectivity index (χ1v) is 11.7. The highest BCUT2D eigenvalue weighted by Crippen LogP contribution is 2.63. The Morgan fingerprint density at radius 3 is 2.26 bits per heavy atom. The second-order valence-electron chi connectivity index (χ2n) is 8.22. The Morgan fingerprint density at radius 2 is 1.32 bits per heavy atom. The van der Waals surface area contributed by atoms with Crippen LogP contribution < -0.4 is 0 Å². The zero-order valence-corrected chi connectivity index (χ0v) is 18.2. The molecule has 146 valence electrons. The molecule has 2 heteroatoms. The van der Waals surface area contributed by atoms with Crippen molar-refractivity contribution in [3.8, 4) is 11.1 Å². The molecule has 2 aliphatic rings. The van der Waals surface area contributed by atoms with Crippen LogP contribution in [0, 0.1) is 0 Å². The zero-order chi connectivity index (χ0) is 20.6. The molecule has 5 aromatic rings. The molecule has 5 aromatic carbocycles. The molecule has 31 heavy (non-hydrogen) atoms. The van der Waals surface area contributed by atoms with Crippen LogP contribution in [-0.2, 0) is 5.41 Å². The molecule has 1 heterocycles. The highest BCUT2D eigenvalue weighted by atomic mass is 35.5. The van der Waals surface area contributed by atoms with Crippen molar-refractivity contribution in [2.75, 3.05) is 0 Å². The van der Waals surface area contributed by atoms with E-state index in [-0.39, 0.29) is 5.41 Å². The van der Waals surface area contributed by atoms with Gasteiger partial charge in [-0.2, -0.15) is 0 Å². The van der Waals surface area contributed by atoms with Crippen LogP contribution in [-0.4, -0.2) is 0 Å². The third-order valence-electron chi connectivity index (χ3n) is 6.80. The molecule has 1 spiro atoms. The molecule has 0 amide bonds. The molecule has 0 aromatic heterocycles. The van der Waals surface area contributed by atoms with Gasteiger partial charge in [0.2, 0.25) is 0 Å². The lowest BCUT2D eigenvalue weighted by molar-refractivity contribution is 0.726. The summed E-state index contributed by atoms with van der Waals surface area (Å²) < 4.78 is 0. The molecule has 0 saturated carbocycles. The maximum absolute atomic E-state index is 6.84. The van der Waals surface area contributed by atoms with E-state index in [1.807, 2.05) is 17.8 Å². The summed E-state index contributed by atoms with van der Waals surface area (Å²) in [5, 5.41) is 3.41. The lowest BCUT2D eigenvalue weighted by atomic mass is 9.67. The largest absolute Gasteiger partial charge is 0.0888 e. The fourth-order valence-electron chi connectivity index (χ4n) is 5.63. The maximum atomic E-state index is 6.84. The third kappa shape index (κ3) is 2.13. The van der Waals surface area contributed by atoms with Crippen LogP contribution in [0.5, 0.6) is 0 Å². The molecule has 1 aliphatic carbocycles. The lowest BCUT2D eigenvalue weighted by Crippen LogP contribution is -2.32. The standard InChI is InChI=1S/C29H17ClS/c30-25-14-7-13-23-27(25)20-10-3-4-11-21(20)29(23)22-12-5-6-15-26(22)31-28-19-9-2-1-8-18(19)16-17-24(28)29/h1-17H. The Labute approximate surface area is 190 Å². The normalized spacial score (nSPS) is 17.8. The van der Waals surface area contributed by atoms with Crippen molar-refractivity contribution in [2.24, 2.45) is 0 Å². The van der Waals surface area contributed by atoms with Gasteiger partial charge in [0.25, 0.3) is 0 Å². The fraction of sp³-hybridized carbons (Fsp3) is 0.0345. The van der Waals surface area contributed by atoms with E-state index in [1.54, 1.807) is 0 Å². The fourth-order valence-corrected chi connectivity index (χ4v) is 7.23. The van der Waals surface area contributed by atoms with E-state index >= 15 is 0 Å².